The van der Waals surface area contributed by atoms with Crippen molar-refractivity contribution >= 4 is 41.7 Å². The molecular formula is C14H26IN5S. The van der Waals surface area contributed by atoms with Gasteiger partial charge in [0.2, 0.25) is 0 Å². The fraction of sp³-hybridized carbons (Fsp3) is 0.714. The van der Waals surface area contributed by atoms with Crippen LogP contribution in [-0.4, -0.2) is 58.3 Å². The van der Waals surface area contributed by atoms with E-state index in [0.717, 1.165) is 43.8 Å². The molecule has 0 bridgehead atoms. The van der Waals surface area contributed by atoms with E-state index in [2.05, 4.69) is 39.0 Å². The maximum atomic E-state index is 4.41. The molecule has 2 heterocycles. The molecule has 1 unspecified atom stereocenters. The van der Waals surface area contributed by atoms with E-state index in [9.17, 15) is 0 Å². The fourth-order valence-corrected chi connectivity index (χ4v) is 3.55. The first-order valence-electron chi connectivity index (χ1n) is 7.38. The van der Waals surface area contributed by atoms with Gasteiger partial charge in [0.25, 0.3) is 0 Å². The number of halogens is 1. The first-order valence-corrected chi connectivity index (χ1v) is 8.43. The topological polar surface area (TPSA) is 45.5 Å². The molecule has 1 aliphatic heterocycles. The van der Waals surface area contributed by atoms with E-state index >= 15 is 0 Å². The molecule has 1 atom stereocenters. The summed E-state index contributed by atoms with van der Waals surface area (Å²) >= 11 is 2.09. The summed E-state index contributed by atoms with van der Waals surface area (Å²) in [5.74, 6) is 2.25. The molecule has 0 radical (unpaired) electrons. The highest BCUT2D eigenvalue weighted by Crippen LogP contribution is 2.20. The molecule has 0 spiro atoms. The quantitative estimate of drug-likeness (QED) is 0.342. The standard InChI is InChI=1S/C14H25N5S.HI/c1-3-13-12-18(10-11-20-13)14(15-2)16-6-4-8-19-9-5-7-17-19;/h5,7,9,13H,3-4,6,8,10-12H2,1-2H3,(H,15,16);1H. The van der Waals surface area contributed by atoms with Gasteiger partial charge in [0.1, 0.15) is 0 Å². The number of guanidine groups is 1. The Morgan fingerprint density at radius 1 is 1.52 bits per heavy atom. The average molecular weight is 423 g/mol. The van der Waals surface area contributed by atoms with E-state index in [1.54, 1.807) is 0 Å². The number of nitrogens with one attached hydrogen (secondary N) is 1. The van der Waals surface area contributed by atoms with Gasteiger partial charge in [-0.15, -0.1) is 24.0 Å². The van der Waals surface area contributed by atoms with Gasteiger partial charge in [-0.05, 0) is 18.9 Å². The van der Waals surface area contributed by atoms with Gasteiger partial charge >= 0.3 is 0 Å². The van der Waals surface area contributed by atoms with Crippen LogP contribution in [0.5, 0.6) is 0 Å². The van der Waals surface area contributed by atoms with E-state index in [-0.39, 0.29) is 24.0 Å². The molecule has 0 aromatic carbocycles. The van der Waals surface area contributed by atoms with Crippen LogP contribution in [-0.2, 0) is 6.54 Å². The van der Waals surface area contributed by atoms with Crippen molar-refractivity contribution in [2.75, 3.05) is 32.4 Å². The van der Waals surface area contributed by atoms with Gasteiger partial charge in [-0.2, -0.15) is 16.9 Å². The van der Waals surface area contributed by atoms with Crippen LogP contribution < -0.4 is 5.32 Å². The second kappa shape index (κ2) is 10.3. The molecular weight excluding hydrogens is 397 g/mol. The summed E-state index contributed by atoms with van der Waals surface area (Å²) in [6.07, 6.45) is 6.11. The average Bonchev–Trinajstić information content (AvgIpc) is 3.01. The van der Waals surface area contributed by atoms with Crippen LogP contribution in [0.3, 0.4) is 0 Å². The largest absolute Gasteiger partial charge is 0.356 e. The number of aliphatic imine (C=N–C) groups is 1. The number of rotatable bonds is 5. The van der Waals surface area contributed by atoms with Gasteiger partial charge in [-0.3, -0.25) is 9.67 Å². The fourth-order valence-electron chi connectivity index (χ4n) is 2.36. The number of thioether (sulfide) groups is 1. The molecule has 1 saturated heterocycles. The first kappa shape index (κ1) is 18.6. The van der Waals surface area contributed by atoms with Gasteiger partial charge in [0.15, 0.2) is 5.96 Å². The summed E-state index contributed by atoms with van der Waals surface area (Å²) in [7, 11) is 1.87. The Labute approximate surface area is 149 Å². The monoisotopic (exact) mass is 423 g/mol. The summed E-state index contributed by atoms with van der Waals surface area (Å²) in [5, 5.41) is 8.42. The molecule has 1 aromatic rings. The van der Waals surface area contributed by atoms with Gasteiger partial charge in [-0.25, -0.2) is 0 Å². The minimum atomic E-state index is 0. The molecule has 2 rings (SSSR count). The zero-order valence-electron chi connectivity index (χ0n) is 12.9. The zero-order valence-corrected chi connectivity index (χ0v) is 16.0. The van der Waals surface area contributed by atoms with Crippen molar-refractivity contribution in [1.82, 2.24) is 20.0 Å². The molecule has 1 fully saturated rings. The molecule has 5 nitrogen and oxygen atoms in total. The zero-order chi connectivity index (χ0) is 14.2. The molecule has 0 saturated carbocycles. The molecule has 21 heavy (non-hydrogen) atoms. The van der Waals surface area contributed by atoms with Crippen molar-refractivity contribution < 1.29 is 0 Å². The van der Waals surface area contributed by atoms with Crippen LogP contribution in [0.25, 0.3) is 0 Å². The van der Waals surface area contributed by atoms with Crippen LogP contribution in [0.4, 0.5) is 0 Å². The van der Waals surface area contributed by atoms with Gasteiger partial charge in [-0.1, -0.05) is 6.92 Å². The lowest BCUT2D eigenvalue weighted by Crippen LogP contribution is -2.48. The van der Waals surface area contributed by atoms with Crippen molar-refractivity contribution in [1.29, 1.82) is 0 Å². The highest BCUT2D eigenvalue weighted by atomic mass is 127. The Morgan fingerprint density at radius 3 is 3.05 bits per heavy atom. The predicted molar refractivity (Wildman–Crippen MR) is 102 cm³/mol. The molecule has 1 aliphatic rings. The Hall–Kier alpha value is -0.440. The van der Waals surface area contributed by atoms with Crippen LogP contribution in [0.2, 0.25) is 0 Å². The Kier molecular flexibility index (Phi) is 9.14. The summed E-state index contributed by atoms with van der Waals surface area (Å²) in [5.41, 5.74) is 0. The van der Waals surface area contributed by atoms with E-state index < -0.39 is 0 Å². The lowest BCUT2D eigenvalue weighted by molar-refractivity contribution is 0.406. The lowest BCUT2D eigenvalue weighted by atomic mass is 10.3. The normalized spacial score (nSPS) is 19.2. The molecule has 1 aromatic heterocycles. The minimum Gasteiger partial charge on any atom is -0.356 e. The molecule has 7 heteroatoms. The third kappa shape index (κ3) is 6.06. The lowest BCUT2D eigenvalue weighted by Gasteiger charge is -2.34. The maximum absolute atomic E-state index is 4.41. The first-order chi connectivity index (χ1) is 9.83. The number of hydrogen-bond acceptors (Lipinski definition) is 3. The maximum Gasteiger partial charge on any atom is 0.193 e. The molecule has 0 amide bonds. The third-order valence-corrected chi connectivity index (χ3v) is 4.88. The molecule has 120 valence electrons. The van der Waals surface area contributed by atoms with E-state index in [4.69, 9.17) is 0 Å². The Morgan fingerprint density at radius 2 is 2.38 bits per heavy atom. The highest BCUT2D eigenvalue weighted by Gasteiger charge is 2.21. The smallest absolute Gasteiger partial charge is 0.193 e. The van der Waals surface area contributed by atoms with Crippen LogP contribution in [0.15, 0.2) is 23.5 Å². The van der Waals surface area contributed by atoms with Crippen LogP contribution >= 0.6 is 35.7 Å². The summed E-state index contributed by atoms with van der Waals surface area (Å²) in [6.45, 7) is 6.36. The Balaban J connectivity index is 0.00000220. The van der Waals surface area contributed by atoms with E-state index in [1.165, 1.54) is 12.2 Å². The predicted octanol–water partition coefficient (Wildman–Crippen LogP) is 2.29. The van der Waals surface area contributed by atoms with Crippen molar-refractivity contribution in [2.45, 2.75) is 31.6 Å². The highest BCUT2D eigenvalue weighted by molar-refractivity contribution is 14.0. The Bertz CT molecular complexity index is 410. The number of hydrogen-bond donors (Lipinski definition) is 1. The second-order valence-electron chi connectivity index (χ2n) is 4.94. The number of aryl methyl sites for hydroxylation is 1. The van der Waals surface area contributed by atoms with Gasteiger partial charge in [0.05, 0.1) is 0 Å². The van der Waals surface area contributed by atoms with E-state index in [1.807, 2.05) is 30.2 Å². The summed E-state index contributed by atoms with van der Waals surface area (Å²) in [4.78, 5) is 6.80. The van der Waals surface area contributed by atoms with Crippen molar-refractivity contribution in [3.05, 3.63) is 18.5 Å². The summed E-state index contributed by atoms with van der Waals surface area (Å²) in [6, 6.07) is 1.96. The van der Waals surface area contributed by atoms with Crippen LogP contribution in [0.1, 0.15) is 19.8 Å². The summed E-state index contributed by atoms with van der Waals surface area (Å²) < 4.78 is 1.97. The minimum absolute atomic E-state index is 0. The van der Waals surface area contributed by atoms with Crippen molar-refractivity contribution in [3.8, 4) is 0 Å². The number of aromatic nitrogens is 2. The van der Waals surface area contributed by atoms with Gasteiger partial charge < -0.3 is 10.2 Å². The second-order valence-corrected chi connectivity index (χ2v) is 6.35. The molecule has 1 N–H and O–H groups in total. The van der Waals surface area contributed by atoms with E-state index in [0.29, 0.717) is 0 Å². The molecule has 0 aliphatic carbocycles. The van der Waals surface area contributed by atoms with Crippen LogP contribution in [0, 0.1) is 0 Å². The van der Waals surface area contributed by atoms with Crippen molar-refractivity contribution in [2.24, 2.45) is 4.99 Å². The van der Waals surface area contributed by atoms with Gasteiger partial charge in [0, 0.05) is 56.6 Å². The third-order valence-electron chi connectivity index (χ3n) is 3.51. The van der Waals surface area contributed by atoms with Crippen molar-refractivity contribution in [3.63, 3.8) is 0 Å². The SMILES string of the molecule is CCC1CN(C(=NC)NCCCn2cccn2)CCS1.I. The number of nitrogens with zero attached hydrogens (tertiary/aromatic N) is 4.